The van der Waals surface area contributed by atoms with Crippen LogP contribution in [0.3, 0.4) is 0 Å². The molecule has 108 valence electrons. The Morgan fingerprint density at radius 1 is 1.24 bits per heavy atom. The van der Waals surface area contributed by atoms with Crippen LogP contribution in [0, 0.1) is 5.82 Å². The highest BCUT2D eigenvalue weighted by Gasteiger charge is 2.25. The van der Waals surface area contributed by atoms with Crippen molar-refractivity contribution in [3.8, 4) is 5.75 Å². The molecule has 0 bridgehead atoms. The van der Waals surface area contributed by atoms with Crippen molar-refractivity contribution >= 4 is 21.8 Å². The molecule has 0 aromatic heterocycles. The Kier molecular flexibility index (Phi) is 3.92. The van der Waals surface area contributed by atoms with Crippen LogP contribution >= 0.6 is 15.9 Å². The number of para-hydroxylation sites is 1. The van der Waals surface area contributed by atoms with Crippen LogP contribution in [0.2, 0.25) is 0 Å². The Hall–Kier alpha value is -1.88. The van der Waals surface area contributed by atoms with Gasteiger partial charge in [-0.1, -0.05) is 24.3 Å². The van der Waals surface area contributed by atoms with Gasteiger partial charge >= 0.3 is 0 Å². The third-order valence-corrected chi connectivity index (χ3v) is 4.11. The second kappa shape index (κ2) is 5.85. The molecule has 0 spiro atoms. The summed E-state index contributed by atoms with van der Waals surface area (Å²) in [5, 5.41) is 2.88. The van der Waals surface area contributed by atoms with Crippen LogP contribution in [-0.2, 0) is 0 Å². The molecule has 2 aromatic rings. The minimum atomic E-state index is -0.540. The molecule has 0 aliphatic carbocycles. The lowest BCUT2D eigenvalue weighted by molar-refractivity contribution is 0.0920. The van der Waals surface area contributed by atoms with Gasteiger partial charge in [-0.25, -0.2) is 4.39 Å². The topological polar surface area (TPSA) is 38.3 Å². The SMILES string of the molecule is O=C(NC1CCOc2ccccc21)c1c(F)cccc1Br. The predicted octanol–water partition coefficient (Wildman–Crippen LogP) is 3.84. The fourth-order valence-corrected chi connectivity index (χ4v) is 2.96. The highest BCUT2D eigenvalue weighted by Crippen LogP contribution is 2.32. The number of fused-ring (bicyclic) bond motifs is 1. The van der Waals surface area contributed by atoms with Crippen molar-refractivity contribution < 1.29 is 13.9 Å². The molecule has 0 radical (unpaired) electrons. The lowest BCUT2D eigenvalue weighted by Crippen LogP contribution is -2.32. The first-order valence-electron chi connectivity index (χ1n) is 6.63. The van der Waals surface area contributed by atoms with Crippen LogP contribution < -0.4 is 10.1 Å². The first-order chi connectivity index (χ1) is 10.2. The molecule has 1 aliphatic rings. The lowest BCUT2D eigenvalue weighted by Gasteiger charge is -2.26. The number of hydrogen-bond acceptors (Lipinski definition) is 2. The first kappa shape index (κ1) is 14.1. The highest BCUT2D eigenvalue weighted by atomic mass is 79.9. The van der Waals surface area contributed by atoms with E-state index in [1.807, 2.05) is 24.3 Å². The molecule has 3 nitrogen and oxygen atoms in total. The molecule has 0 saturated carbocycles. The van der Waals surface area contributed by atoms with E-state index >= 15 is 0 Å². The maximum atomic E-state index is 13.8. The Bertz CT molecular complexity index is 669. The van der Waals surface area contributed by atoms with Crippen LogP contribution in [0.15, 0.2) is 46.9 Å². The van der Waals surface area contributed by atoms with Crippen molar-refractivity contribution in [2.75, 3.05) is 6.61 Å². The highest BCUT2D eigenvalue weighted by molar-refractivity contribution is 9.10. The standard InChI is InChI=1S/C16H13BrFNO2/c17-11-5-3-6-12(18)15(11)16(20)19-13-8-9-21-14-7-2-1-4-10(13)14/h1-7,13H,8-9H2,(H,19,20). The van der Waals surface area contributed by atoms with Gasteiger partial charge in [0.25, 0.3) is 5.91 Å². The van der Waals surface area contributed by atoms with E-state index in [-0.39, 0.29) is 11.6 Å². The molecule has 1 atom stereocenters. The number of halogens is 2. The molecule has 2 aromatic carbocycles. The van der Waals surface area contributed by atoms with Gasteiger partial charge in [0.2, 0.25) is 0 Å². The molecule has 1 aliphatic heterocycles. The summed E-state index contributed by atoms with van der Waals surface area (Å²) in [7, 11) is 0. The van der Waals surface area contributed by atoms with E-state index in [4.69, 9.17) is 4.74 Å². The molecule has 3 rings (SSSR count). The van der Waals surface area contributed by atoms with E-state index in [0.29, 0.717) is 17.5 Å². The van der Waals surface area contributed by atoms with Crippen molar-refractivity contribution in [2.45, 2.75) is 12.5 Å². The van der Waals surface area contributed by atoms with Gasteiger partial charge in [-0.15, -0.1) is 0 Å². The molecular weight excluding hydrogens is 337 g/mol. The number of rotatable bonds is 2. The predicted molar refractivity (Wildman–Crippen MR) is 80.9 cm³/mol. The van der Waals surface area contributed by atoms with Gasteiger partial charge in [0.15, 0.2) is 0 Å². The molecule has 0 fully saturated rings. The molecule has 1 heterocycles. The van der Waals surface area contributed by atoms with E-state index in [0.717, 1.165) is 11.3 Å². The van der Waals surface area contributed by atoms with E-state index in [2.05, 4.69) is 21.2 Å². The fourth-order valence-electron chi connectivity index (χ4n) is 2.44. The van der Waals surface area contributed by atoms with E-state index in [9.17, 15) is 9.18 Å². The summed E-state index contributed by atoms with van der Waals surface area (Å²) in [5.74, 6) is -0.203. The number of carbonyl (C=O) groups is 1. The van der Waals surface area contributed by atoms with Crippen LogP contribution in [0.25, 0.3) is 0 Å². The zero-order valence-electron chi connectivity index (χ0n) is 11.1. The Labute approximate surface area is 130 Å². The van der Waals surface area contributed by atoms with Crippen molar-refractivity contribution in [3.05, 3.63) is 63.9 Å². The molecule has 21 heavy (non-hydrogen) atoms. The summed E-state index contributed by atoms with van der Waals surface area (Å²) >= 11 is 3.22. The first-order valence-corrected chi connectivity index (χ1v) is 7.42. The largest absolute Gasteiger partial charge is 0.493 e. The average Bonchev–Trinajstić information content (AvgIpc) is 2.47. The van der Waals surface area contributed by atoms with Gasteiger partial charge in [0.05, 0.1) is 18.2 Å². The van der Waals surface area contributed by atoms with Crippen LogP contribution in [-0.4, -0.2) is 12.5 Å². The quantitative estimate of drug-likeness (QED) is 0.894. The van der Waals surface area contributed by atoms with Crippen LogP contribution in [0.4, 0.5) is 4.39 Å². The van der Waals surface area contributed by atoms with Gasteiger partial charge in [0.1, 0.15) is 11.6 Å². The van der Waals surface area contributed by atoms with Gasteiger partial charge in [-0.3, -0.25) is 4.79 Å². The number of nitrogens with one attached hydrogen (secondary N) is 1. The maximum Gasteiger partial charge on any atom is 0.255 e. The monoisotopic (exact) mass is 349 g/mol. The summed E-state index contributed by atoms with van der Waals surface area (Å²) in [6, 6.07) is 11.9. The van der Waals surface area contributed by atoms with Crippen LogP contribution in [0.5, 0.6) is 5.75 Å². The number of hydrogen-bond donors (Lipinski definition) is 1. The molecule has 5 heteroatoms. The third-order valence-electron chi connectivity index (χ3n) is 3.45. The maximum absolute atomic E-state index is 13.8. The van der Waals surface area contributed by atoms with Crippen molar-refractivity contribution in [1.29, 1.82) is 0 Å². The van der Waals surface area contributed by atoms with E-state index in [1.165, 1.54) is 6.07 Å². The third kappa shape index (κ3) is 2.78. The van der Waals surface area contributed by atoms with Gasteiger partial charge in [0, 0.05) is 16.5 Å². The summed E-state index contributed by atoms with van der Waals surface area (Å²) in [6.07, 6.45) is 0.662. The van der Waals surface area contributed by atoms with Crippen molar-refractivity contribution in [1.82, 2.24) is 5.32 Å². The second-order valence-corrected chi connectivity index (χ2v) is 5.65. The van der Waals surface area contributed by atoms with Crippen molar-refractivity contribution in [2.24, 2.45) is 0 Å². The van der Waals surface area contributed by atoms with Gasteiger partial charge in [-0.2, -0.15) is 0 Å². The Morgan fingerprint density at radius 3 is 2.86 bits per heavy atom. The normalized spacial score (nSPS) is 16.8. The molecule has 1 N–H and O–H groups in total. The van der Waals surface area contributed by atoms with Gasteiger partial charge in [-0.05, 0) is 34.1 Å². The fraction of sp³-hybridized carbons (Fsp3) is 0.188. The van der Waals surface area contributed by atoms with E-state index < -0.39 is 11.7 Å². The average molecular weight is 350 g/mol. The van der Waals surface area contributed by atoms with Gasteiger partial charge < -0.3 is 10.1 Å². The minimum absolute atomic E-state index is 0.0291. The smallest absolute Gasteiger partial charge is 0.255 e. The zero-order chi connectivity index (χ0) is 14.8. The number of carbonyl (C=O) groups excluding carboxylic acids is 1. The van der Waals surface area contributed by atoms with E-state index in [1.54, 1.807) is 12.1 Å². The van der Waals surface area contributed by atoms with Crippen molar-refractivity contribution in [3.63, 3.8) is 0 Å². The number of amides is 1. The summed E-state index contributed by atoms with van der Waals surface area (Å²) < 4.78 is 19.8. The Morgan fingerprint density at radius 2 is 2.05 bits per heavy atom. The number of ether oxygens (including phenoxy) is 1. The summed E-state index contributed by atoms with van der Waals surface area (Å²) in [6.45, 7) is 0.528. The summed E-state index contributed by atoms with van der Waals surface area (Å²) in [5.41, 5.74) is 0.950. The summed E-state index contributed by atoms with van der Waals surface area (Å²) in [4.78, 5) is 12.3. The zero-order valence-corrected chi connectivity index (χ0v) is 12.7. The second-order valence-electron chi connectivity index (χ2n) is 4.80. The molecular formula is C16H13BrFNO2. The molecule has 0 saturated heterocycles. The number of benzene rings is 2. The van der Waals surface area contributed by atoms with Crippen LogP contribution in [0.1, 0.15) is 28.4 Å². The molecule has 1 unspecified atom stereocenters. The minimum Gasteiger partial charge on any atom is -0.493 e. The Balaban J connectivity index is 1.86. The molecule has 1 amide bonds. The lowest BCUT2D eigenvalue weighted by atomic mass is 10.00.